The lowest BCUT2D eigenvalue weighted by Gasteiger charge is -2.26. The van der Waals surface area contributed by atoms with Crippen LogP contribution in [0.3, 0.4) is 0 Å². The summed E-state index contributed by atoms with van der Waals surface area (Å²) in [6.07, 6.45) is 6.02. The number of nitrogens with one attached hydrogen (secondary N) is 2. The molecule has 3 aromatic rings. The van der Waals surface area contributed by atoms with Crippen LogP contribution < -0.4 is 21.3 Å². The van der Waals surface area contributed by atoms with Crippen molar-refractivity contribution in [2.75, 3.05) is 22.5 Å². The molecule has 0 aliphatic heterocycles. The number of rotatable bonds is 9. The van der Waals surface area contributed by atoms with Crippen LogP contribution >= 0.6 is 0 Å². The van der Waals surface area contributed by atoms with Crippen LogP contribution in [0.1, 0.15) is 59.5 Å². The third kappa shape index (κ3) is 7.34. The maximum Gasteiger partial charge on any atom is 0.376 e. The molecule has 1 aliphatic carbocycles. The Bertz CT molecular complexity index is 1340. The van der Waals surface area contributed by atoms with Gasteiger partial charge in [0.2, 0.25) is 0 Å². The normalized spacial score (nSPS) is 13.8. The second-order valence-electron chi connectivity index (χ2n) is 9.96. The van der Waals surface area contributed by atoms with E-state index in [0.717, 1.165) is 12.8 Å². The van der Waals surface area contributed by atoms with Crippen molar-refractivity contribution in [3.8, 4) is 0 Å². The third-order valence-corrected chi connectivity index (χ3v) is 7.01. The van der Waals surface area contributed by atoms with Crippen LogP contribution in [0.25, 0.3) is 0 Å². The molecule has 4 rings (SSSR count). The number of urea groups is 1. The summed E-state index contributed by atoms with van der Waals surface area (Å²) in [5.41, 5.74) is 9.61. The van der Waals surface area contributed by atoms with Crippen molar-refractivity contribution in [3.05, 3.63) is 89.5 Å². The maximum atomic E-state index is 13.4. The molecule has 10 heteroatoms. The van der Waals surface area contributed by atoms with E-state index >= 15 is 0 Å². The van der Waals surface area contributed by atoms with Gasteiger partial charge in [0.1, 0.15) is 0 Å². The number of carboxylic acid groups (broad SMARTS) is 1. The number of nitrogens with zero attached hydrogens (tertiary/aromatic N) is 1. The largest absolute Gasteiger partial charge is 0.477 e. The predicted molar refractivity (Wildman–Crippen MR) is 150 cm³/mol. The van der Waals surface area contributed by atoms with E-state index in [-0.39, 0.29) is 18.1 Å². The highest BCUT2D eigenvalue weighted by Crippen LogP contribution is 2.33. The van der Waals surface area contributed by atoms with Crippen molar-refractivity contribution in [1.29, 1.82) is 0 Å². The molecule has 3 aromatic carbocycles. The number of hydrogen-bond donors (Lipinski definition) is 4. The zero-order valence-electron chi connectivity index (χ0n) is 21.9. The van der Waals surface area contributed by atoms with Crippen LogP contribution in [0.4, 0.5) is 30.6 Å². The molecule has 0 bridgehead atoms. The molecule has 40 heavy (non-hydrogen) atoms. The smallest absolute Gasteiger partial charge is 0.376 e. The lowest BCUT2D eigenvalue weighted by molar-refractivity contribution is -0.163. The number of benzene rings is 3. The average Bonchev–Trinajstić information content (AvgIpc) is 2.95. The monoisotopic (exact) mass is 550 g/mol. The number of aliphatic carboxylic acids is 1. The van der Waals surface area contributed by atoms with Crippen molar-refractivity contribution < 1.29 is 28.3 Å². The first-order chi connectivity index (χ1) is 19.1. The second-order valence-corrected chi connectivity index (χ2v) is 9.96. The first-order valence-electron chi connectivity index (χ1n) is 13.1. The second kappa shape index (κ2) is 12.6. The molecule has 1 aliphatic rings. The quantitative estimate of drug-likeness (QED) is 0.243. The summed E-state index contributed by atoms with van der Waals surface area (Å²) in [6.45, 7) is -1.16. The van der Waals surface area contributed by atoms with Crippen LogP contribution in [-0.2, 0) is 11.3 Å². The number of hydrogen-bond acceptors (Lipinski definition) is 4. The fraction of sp³-hybridized carbons (Fsp3) is 0.300. The highest BCUT2D eigenvalue weighted by molar-refractivity contribution is 6.02. The molecule has 1 fully saturated rings. The number of alkyl halides is 2. The van der Waals surface area contributed by atoms with Gasteiger partial charge in [-0.15, -0.1) is 0 Å². The fourth-order valence-corrected chi connectivity index (χ4v) is 4.76. The molecule has 3 amide bonds. The van der Waals surface area contributed by atoms with Crippen molar-refractivity contribution >= 4 is 35.0 Å². The molecule has 5 N–H and O–H groups in total. The average molecular weight is 551 g/mol. The Balaban J connectivity index is 1.51. The lowest BCUT2D eigenvalue weighted by atomic mass is 9.84. The minimum absolute atomic E-state index is 0.0811. The first kappa shape index (κ1) is 28.5. The molecule has 0 unspecified atom stereocenters. The number of amides is 3. The van der Waals surface area contributed by atoms with E-state index in [9.17, 15) is 23.2 Å². The minimum Gasteiger partial charge on any atom is -0.477 e. The van der Waals surface area contributed by atoms with Crippen LogP contribution in [0.15, 0.2) is 72.8 Å². The molecule has 8 nitrogen and oxygen atoms in total. The van der Waals surface area contributed by atoms with Crippen LogP contribution in [-0.4, -0.2) is 35.5 Å². The molecule has 0 atom stereocenters. The number of nitrogens with two attached hydrogens (primary N) is 1. The fourth-order valence-electron chi connectivity index (χ4n) is 4.76. The SMILES string of the molecule is Nc1cccc(NC(=O)N(Cc2ccc(C(=O)NCC(F)(F)C(=O)O)cc2)c2ccc(C3CCCCC3)cc2)c1. The number of carbonyl (C=O) groups excluding carboxylic acids is 2. The molecule has 0 aromatic heterocycles. The Kier molecular flexibility index (Phi) is 8.98. The van der Waals surface area contributed by atoms with Gasteiger partial charge in [-0.3, -0.25) is 9.69 Å². The highest BCUT2D eigenvalue weighted by atomic mass is 19.3. The first-order valence-corrected chi connectivity index (χ1v) is 13.1. The summed E-state index contributed by atoms with van der Waals surface area (Å²) < 4.78 is 26.6. The highest BCUT2D eigenvalue weighted by Gasteiger charge is 2.39. The summed E-state index contributed by atoms with van der Waals surface area (Å²) >= 11 is 0. The van der Waals surface area contributed by atoms with Gasteiger partial charge in [0.15, 0.2) is 0 Å². The van der Waals surface area contributed by atoms with E-state index in [0.29, 0.717) is 28.5 Å². The number of nitrogen functional groups attached to an aromatic ring is 1. The Morgan fingerprint density at radius 3 is 2.25 bits per heavy atom. The van der Waals surface area contributed by atoms with Gasteiger partial charge < -0.3 is 21.5 Å². The standard InChI is InChI=1S/C30H32F2N4O4/c31-30(32,28(38)39)19-34-27(37)23-11-9-20(10-12-23)18-36(29(40)35-25-8-4-7-24(33)17-25)26-15-13-22(14-16-26)21-5-2-1-3-6-21/h4,7-17,21H,1-3,5-6,18-19,33H2,(H,34,37)(H,35,40)(H,38,39). The summed E-state index contributed by atoms with van der Waals surface area (Å²) in [5, 5.41) is 13.3. The van der Waals surface area contributed by atoms with Crippen molar-refractivity contribution in [1.82, 2.24) is 5.32 Å². The number of carbonyl (C=O) groups is 3. The maximum absolute atomic E-state index is 13.4. The zero-order chi connectivity index (χ0) is 28.7. The van der Waals surface area contributed by atoms with E-state index in [2.05, 4.69) is 17.4 Å². The molecule has 0 spiro atoms. The third-order valence-electron chi connectivity index (χ3n) is 7.01. The Morgan fingerprint density at radius 2 is 1.62 bits per heavy atom. The topological polar surface area (TPSA) is 125 Å². The number of carboxylic acids is 1. The minimum atomic E-state index is -4.07. The number of halogens is 2. The predicted octanol–water partition coefficient (Wildman–Crippen LogP) is 6.00. The van der Waals surface area contributed by atoms with E-state index in [1.54, 1.807) is 41.3 Å². The van der Waals surface area contributed by atoms with Crippen molar-refractivity contribution in [3.63, 3.8) is 0 Å². The van der Waals surface area contributed by atoms with Gasteiger partial charge in [0, 0.05) is 22.6 Å². The van der Waals surface area contributed by atoms with Gasteiger partial charge in [-0.1, -0.05) is 49.6 Å². The van der Waals surface area contributed by atoms with Gasteiger partial charge in [0.05, 0.1) is 13.1 Å². The van der Waals surface area contributed by atoms with E-state index in [4.69, 9.17) is 10.8 Å². The summed E-state index contributed by atoms with van der Waals surface area (Å²) in [5.74, 6) is -6.69. The van der Waals surface area contributed by atoms with Crippen LogP contribution in [0, 0.1) is 0 Å². The summed E-state index contributed by atoms with van der Waals surface area (Å²) in [6, 6.07) is 20.5. The summed E-state index contributed by atoms with van der Waals surface area (Å²) in [7, 11) is 0. The molecule has 0 heterocycles. The van der Waals surface area contributed by atoms with Gasteiger partial charge in [-0.25, -0.2) is 9.59 Å². The molecule has 210 valence electrons. The van der Waals surface area contributed by atoms with E-state index in [1.165, 1.54) is 37.0 Å². The zero-order valence-corrected chi connectivity index (χ0v) is 21.9. The Hall–Kier alpha value is -4.47. The van der Waals surface area contributed by atoms with Crippen LogP contribution in [0.5, 0.6) is 0 Å². The lowest BCUT2D eigenvalue weighted by Crippen LogP contribution is -2.42. The van der Waals surface area contributed by atoms with Crippen molar-refractivity contribution in [2.24, 2.45) is 0 Å². The molecule has 0 radical (unpaired) electrons. The molecular formula is C30H32F2N4O4. The summed E-state index contributed by atoms with van der Waals surface area (Å²) in [4.78, 5) is 37.8. The van der Waals surface area contributed by atoms with Gasteiger partial charge in [-0.05, 0) is 72.4 Å². The number of anilines is 3. The van der Waals surface area contributed by atoms with Crippen molar-refractivity contribution in [2.45, 2.75) is 50.5 Å². The molecule has 0 saturated heterocycles. The Morgan fingerprint density at radius 1 is 0.950 bits per heavy atom. The molecular weight excluding hydrogens is 518 g/mol. The van der Waals surface area contributed by atoms with E-state index in [1.807, 2.05) is 17.4 Å². The Labute approximate surface area is 231 Å². The van der Waals surface area contributed by atoms with Gasteiger partial charge in [0.25, 0.3) is 5.91 Å². The van der Waals surface area contributed by atoms with Crippen LogP contribution in [0.2, 0.25) is 0 Å². The van der Waals surface area contributed by atoms with E-state index < -0.39 is 24.3 Å². The van der Waals surface area contributed by atoms with Gasteiger partial charge >= 0.3 is 17.9 Å². The van der Waals surface area contributed by atoms with Gasteiger partial charge in [-0.2, -0.15) is 8.78 Å². The molecule has 1 saturated carbocycles.